The van der Waals surface area contributed by atoms with E-state index in [9.17, 15) is 4.79 Å². The van der Waals surface area contributed by atoms with Crippen molar-refractivity contribution < 1.29 is 4.79 Å². The topological polar surface area (TPSA) is 55.1 Å². The molecule has 1 aromatic carbocycles. The number of hydrogen-bond donors (Lipinski definition) is 2. The van der Waals surface area contributed by atoms with Crippen LogP contribution in [-0.2, 0) is 4.79 Å². The second kappa shape index (κ2) is 9.82. The minimum Gasteiger partial charge on any atom is -0.356 e. The fourth-order valence-electron chi connectivity index (χ4n) is 2.09. The molecular formula is C15H25ClN2O. The Bertz CT molecular complexity index is 354. The van der Waals surface area contributed by atoms with E-state index in [1.54, 1.807) is 0 Å². The lowest BCUT2D eigenvalue weighted by atomic mass is 9.87. The van der Waals surface area contributed by atoms with Crippen molar-refractivity contribution in [1.82, 2.24) is 5.32 Å². The summed E-state index contributed by atoms with van der Waals surface area (Å²) in [6.45, 7) is 5.56. The summed E-state index contributed by atoms with van der Waals surface area (Å²) < 4.78 is 0. The second-order valence-electron chi connectivity index (χ2n) is 4.92. The van der Waals surface area contributed by atoms with Crippen LogP contribution in [0.1, 0.15) is 38.2 Å². The third-order valence-electron chi connectivity index (χ3n) is 3.04. The smallest absolute Gasteiger partial charge is 0.227 e. The van der Waals surface area contributed by atoms with Crippen molar-refractivity contribution in [2.24, 2.45) is 11.7 Å². The van der Waals surface area contributed by atoms with Crippen LogP contribution in [0.2, 0.25) is 0 Å². The van der Waals surface area contributed by atoms with Gasteiger partial charge in [-0.1, -0.05) is 44.2 Å². The van der Waals surface area contributed by atoms with E-state index < -0.39 is 0 Å². The highest BCUT2D eigenvalue weighted by atomic mass is 35.5. The van der Waals surface area contributed by atoms with Gasteiger partial charge < -0.3 is 11.1 Å². The zero-order valence-electron chi connectivity index (χ0n) is 11.8. The molecule has 0 fully saturated rings. The highest BCUT2D eigenvalue weighted by molar-refractivity contribution is 5.85. The van der Waals surface area contributed by atoms with E-state index in [0.29, 0.717) is 19.0 Å². The van der Waals surface area contributed by atoms with Gasteiger partial charge in [0.1, 0.15) is 0 Å². The molecule has 0 saturated carbocycles. The second-order valence-corrected chi connectivity index (χ2v) is 4.92. The summed E-state index contributed by atoms with van der Waals surface area (Å²) in [5, 5.41) is 3.00. The molecule has 0 aromatic heterocycles. The van der Waals surface area contributed by atoms with Crippen LogP contribution in [0.4, 0.5) is 0 Å². The van der Waals surface area contributed by atoms with Gasteiger partial charge in [-0.15, -0.1) is 12.4 Å². The van der Waals surface area contributed by atoms with E-state index >= 15 is 0 Å². The molecule has 1 atom stereocenters. The van der Waals surface area contributed by atoms with Crippen molar-refractivity contribution in [3.8, 4) is 0 Å². The summed E-state index contributed by atoms with van der Waals surface area (Å²) in [4.78, 5) is 12.2. The predicted octanol–water partition coefficient (Wildman–Crippen LogP) is 2.70. The number of rotatable bonds is 7. The number of halogens is 1. The first-order valence-electron chi connectivity index (χ1n) is 6.69. The van der Waals surface area contributed by atoms with Gasteiger partial charge in [0.05, 0.1) is 5.92 Å². The summed E-state index contributed by atoms with van der Waals surface area (Å²) in [6, 6.07) is 9.97. The molecule has 1 aromatic rings. The average molecular weight is 285 g/mol. The van der Waals surface area contributed by atoms with Crippen molar-refractivity contribution in [2.45, 2.75) is 32.6 Å². The molecule has 0 aliphatic heterocycles. The Kier molecular flexibility index (Phi) is 9.27. The van der Waals surface area contributed by atoms with Gasteiger partial charge in [0.25, 0.3) is 0 Å². The van der Waals surface area contributed by atoms with E-state index in [0.717, 1.165) is 18.4 Å². The van der Waals surface area contributed by atoms with Crippen LogP contribution in [0.3, 0.4) is 0 Å². The molecule has 0 heterocycles. The predicted molar refractivity (Wildman–Crippen MR) is 82.6 cm³/mol. The van der Waals surface area contributed by atoms with Crippen molar-refractivity contribution in [1.29, 1.82) is 0 Å². The molecule has 1 amide bonds. The number of carbonyl (C=O) groups is 1. The fraction of sp³-hybridized carbons (Fsp3) is 0.533. The quantitative estimate of drug-likeness (QED) is 0.757. The van der Waals surface area contributed by atoms with Gasteiger partial charge in [0, 0.05) is 6.54 Å². The monoisotopic (exact) mass is 284 g/mol. The van der Waals surface area contributed by atoms with Crippen molar-refractivity contribution in [2.75, 3.05) is 13.1 Å². The average Bonchev–Trinajstić information content (AvgIpc) is 2.36. The zero-order valence-corrected chi connectivity index (χ0v) is 12.6. The van der Waals surface area contributed by atoms with Crippen LogP contribution < -0.4 is 11.1 Å². The van der Waals surface area contributed by atoms with Crippen molar-refractivity contribution >= 4 is 18.3 Å². The Morgan fingerprint density at radius 3 is 2.37 bits per heavy atom. The number of hydrogen-bond acceptors (Lipinski definition) is 2. The molecule has 4 heteroatoms. The number of benzene rings is 1. The zero-order chi connectivity index (χ0) is 13.4. The molecule has 3 N–H and O–H groups in total. The molecule has 0 saturated heterocycles. The maximum atomic E-state index is 12.2. The lowest BCUT2D eigenvalue weighted by Gasteiger charge is -2.20. The highest BCUT2D eigenvalue weighted by Crippen LogP contribution is 2.24. The molecule has 1 unspecified atom stereocenters. The Labute approximate surface area is 122 Å². The number of nitrogens with two attached hydrogens (primary N) is 1. The minimum atomic E-state index is -0.0657. The number of unbranched alkanes of at least 4 members (excludes halogenated alkanes) is 1. The van der Waals surface area contributed by atoms with Crippen LogP contribution in [0.25, 0.3) is 0 Å². The summed E-state index contributed by atoms with van der Waals surface area (Å²) in [7, 11) is 0. The van der Waals surface area contributed by atoms with Crippen LogP contribution in [0, 0.1) is 5.92 Å². The summed E-state index contributed by atoms with van der Waals surface area (Å²) in [5.41, 5.74) is 6.52. The van der Waals surface area contributed by atoms with Crippen LogP contribution in [0.15, 0.2) is 30.3 Å². The van der Waals surface area contributed by atoms with E-state index in [-0.39, 0.29) is 24.2 Å². The molecule has 0 aliphatic carbocycles. The van der Waals surface area contributed by atoms with E-state index in [2.05, 4.69) is 19.2 Å². The third-order valence-corrected chi connectivity index (χ3v) is 3.04. The van der Waals surface area contributed by atoms with Gasteiger partial charge in [0.15, 0.2) is 0 Å². The number of amides is 1. The Morgan fingerprint density at radius 2 is 1.84 bits per heavy atom. The first kappa shape index (κ1) is 17.9. The lowest BCUT2D eigenvalue weighted by Crippen LogP contribution is -2.32. The van der Waals surface area contributed by atoms with Crippen LogP contribution in [0.5, 0.6) is 0 Å². The van der Waals surface area contributed by atoms with Crippen LogP contribution in [-0.4, -0.2) is 19.0 Å². The maximum absolute atomic E-state index is 12.2. The molecule has 0 bridgehead atoms. The molecule has 19 heavy (non-hydrogen) atoms. The van der Waals surface area contributed by atoms with Gasteiger partial charge in [-0.05, 0) is 30.9 Å². The van der Waals surface area contributed by atoms with Gasteiger partial charge >= 0.3 is 0 Å². The highest BCUT2D eigenvalue weighted by Gasteiger charge is 2.23. The Morgan fingerprint density at radius 1 is 1.21 bits per heavy atom. The summed E-state index contributed by atoms with van der Waals surface area (Å²) in [5.74, 6) is 0.346. The van der Waals surface area contributed by atoms with Gasteiger partial charge in [-0.25, -0.2) is 0 Å². The fourth-order valence-corrected chi connectivity index (χ4v) is 2.09. The van der Waals surface area contributed by atoms with E-state index in [4.69, 9.17) is 5.73 Å². The maximum Gasteiger partial charge on any atom is 0.227 e. The molecular weight excluding hydrogens is 260 g/mol. The molecule has 0 spiro atoms. The van der Waals surface area contributed by atoms with E-state index in [1.807, 2.05) is 30.3 Å². The molecule has 0 aliphatic rings. The molecule has 0 radical (unpaired) electrons. The minimum absolute atomic E-state index is 0. The summed E-state index contributed by atoms with van der Waals surface area (Å²) >= 11 is 0. The van der Waals surface area contributed by atoms with Crippen molar-refractivity contribution in [3.63, 3.8) is 0 Å². The van der Waals surface area contributed by atoms with Crippen molar-refractivity contribution in [3.05, 3.63) is 35.9 Å². The van der Waals surface area contributed by atoms with E-state index in [1.165, 1.54) is 0 Å². The lowest BCUT2D eigenvalue weighted by molar-refractivity contribution is -0.123. The SMILES string of the molecule is CC(C)C(C(=O)NCCCCN)c1ccccc1.Cl. The van der Waals surface area contributed by atoms with Crippen LogP contribution >= 0.6 is 12.4 Å². The molecule has 1 rings (SSSR count). The number of nitrogens with one attached hydrogen (secondary N) is 1. The van der Waals surface area contributed by atoms with Gasteiger partial charge in [0.2, 0.25) is 5.91 Å². The largest absolute Gasteiger partial charge is 0.356 e. The first-order chi connectivity index (χ1) is 8.66. The summed E-state index contributed by atoms with van der Waals surface area (Å²) in [6.07, 6.45) is 1.90. The number of carbonyl (C=O) groups excluding carboxylic acids is 1. The Balaban J connectivity index is 0.00000324. The molecule has 108 valence electrons. The Hall–Kier alpha value is -1.06. The van der Waals surface area contributed by atoms with Gasteiger partial charge in [-0.2, -0.15) is 0 Å². The third kappa shape index (κ3) is 6.08. The normalized spacial score (nSPS) is 11.8. The first-order valence-corrected chi connectivity index (χ1v) is 6.69. The standard InChI is InChI=1S/C15H24N2O.ClH/c1-12(2)14(13-8-4-3-5-9-13)15(18)17-11-7-6-10-16;/h3-5,8-9,12,14H,6-7,10-11,16H2,1-2H3,(H,17,18);1H. The molecule has 3 nitrogen and oxygen atoms in total. The van der Waals surface area contributed by atoms with Gasteiger partial charge in [-0.3, -0.25) is 4.79 Å².